The number of halogens is 1. The Balaban J connectivity index is 1.13. The molecule has 0 saturated carbocycles. The average Bonchev–Trinajstić information content (AvgIpc) is 3.81. The standard InChI is InChI=1S/C44H46ClN9O5/c1-7-35-38(51-17-19-52(20-18-51)41(56)37-39(28(4)46-25-47-37)58-23-29-11-9-8-10-12-29)42(57)54-43(53(35)22-36(55)48-34-16-13-26(2)21-33(34)45)49-40(50-54)30-14-15-32-31(27(30)3)24-59-44(32,5)6/h8-16,21,25H,7,17-20,22-24H2,1-6H3,(H,48,55). The molecule has 304 valence electrons. The number of anilines is 2. The van der Waals surface area contributed by atoms with Crippen molar-refractivity contribution in [1.29, 1.82) is 0 Å². The molecule has 0 spiro atoms. The SMILES string of the molecule is CCc1c(N2CCN(C(=O)c3ncnc(C)c3OCc3ccccc3)CC2)c(=O)n2nc(-c3ccc4c(c3C)COC4(C)C)nc2n1CC(=O)Nc1ccc(C)cc1Cl. The van der Waals surface area contributed by atoms with Gasteiger partial charge in [0.15, 0.2) is 17.3 Å². The number of rotatable bonds is 10. The van der Waals surface area contributed by atoms with Gasteiger partial charge in [-0.1, -0.05) is 67.1 Å². The maximum Gasteiger partial charge on any atom is 0.299 e. The quantitative estimate of drug-likeness (QED) is 0.164. The van der Waals surface area contributed by atoms with Crippen molar-refractivity contribution in [3.63, 3.8) is 0 Å². The molecule has 1 fully saturated rings. The van der Waals surface area contributed by atoms with Crippen LogP contribution in [0, 0.1) is 20.8 Å². The first kappa shape index (κ1) is 39.7. The second kappa shape index (κ2) is 15.9. The lowest BCUT2D eigenvalue weighted by Gasteiger charge is -2.36. The van der Waals surface area contributed by atoms with E-state index in [-0.39, 0.29) is 42.0 Å². The van der Waals surface area contributed by atoms with Crippen LogP contribution >= 0.6 is 11.6 Å². The fourth-order valence-electron chi connectivity index (χ4n) is 7.98. The molecule has 6 aromatic rings. The van der Waals surface area contributed by atoms with Gasteiger partial charge in [-0.3, -0.25) is 14.4 Å². The fraction of sp³-hybridized carbons (Fsp3) is 0.341. The fourth-order valence-corrected chi connectivity index (χ4v) is 8.26. The number of aryl methyl sites for hydroxylation is 2. The molecule has 0 radical (unpaired) electrons. The molecule has 3 aromatic heterocycles. The van der Waals surface area contributed by atoms with Crippen molar-refractivity contribution in [2.45, 2.75) is 73.3 Å². The third-order valence-corrected chi connectivity index (χ3v) is 11.5. The highest BCUT2D eigenvalue weighted by atomic mass is 35.5. The largest absolute Gasteiger partial charge is 0.485 e. The van der Waals surface area contributed by atoms with E-state index in [1.165, 1.54) is 10.8 Å². The summed E-state index contributed by atoms with van der Waals surface area (Å²) in [6.07, 6.45) is 1.78. The first-order valence-corrected chi connectivity index (χ1v) is 20.1. The molecular formula is C44H46ClN9O5. The first-order valence-electron chi connectivity index (χ1n) is 19.7. The lowest BCUT2D eigenvalue weighted by atomic mass is 9.91. The van der Waals surface area contributed by atoms with Gasteiger partial charge < -0.3 is 29.2 Å². The van der Waals surface area contributed by atoms with E-state index >= 15 is 0 Å². The van der Waals surface area contributed by atoms with Crippen LogP contribution in [0.25, 0.3) is 17.2 Å². The van der Waals surface area contributed by atoms with Crippen LogP contribution in [-0.4, -0.2) is 72.0 Å². The normalized spacial score (nSPS) is 14.8. The second-order valence-corrected chi connectivity index (χ2v) is 15.9. The molecule has 59 heavy (non-hydrogen) atoms. The van der Waals surface area contributed by atoms with E-state index in [1.807, 2.05) is 88.0 Å². The molecule has 14 nitrogen and oxygen atoms in total. The van der Waals surface area contributed by atoms with E-state index < -0.39 is 5.60 Å². The van der Waals surface area contributed by atoms with E-state index in [1.54, 1.807) is 28.5 Å². The molecule has 0 bridgehead atoms. The number of nitrogens with one attached hydrogen (secondary N) is 1. The molecule has 5 heterocycles. The zero-order valence-corrected chi connectivity index (χ0v) is 34.8. The summed E-state index contributed by atoms with van der Waals surface area (Å²) in [7, 11) is 0. The molecule has 0 aliphatic carbocycles. The summed E-state index contributed by atoms with van der Waals surface area (Å²) in [6.45, 7) is 13.6. The number of hydrogen-bond acceptors (Lipinski definition) is 10. The van der Waals surface area contributed by atoms with E-state index in [2.05, 4.69) is 15.3 Å². The number of carbonyl (C=O) groups is 2. The number of fused-ring (bicyclic) bond motifs is 2. The Kier molecular flexibility index (Phi) is 10.7. The Morgan fingerprint density at radius 1 is 0.983 bits per heavy atom. The van der Waals surface area contributed by atoms with Crippen molar-refractivity contribution in [2.24, 2.45) is 0 Å². The van der Waals surface area contributed by atoms with Crippen molar-refractivity contribution in [1.82, 2.24) is 34.0 Å². The third-order valence-electron chi connectivity index (χ3n) is 11.2. The number of hydrogen-bond donors (Lipinski definition) is 1. The lowest BCUT2D eigenvalue weighted by Crippen LogP contribution is -2.51. The van der Waals surface area contributed by atoms with Crippen LogP contribution in [0.5, 0.6) is 5.75 Å². The highest BCUT2D eigenvalue weighted by molar-refractivity contribution is 6.33. The minimum Gasteiger partial charge on any atom is -0.485 e. The highest BCUT2D eigenvalue weighted by Gasteiger charge is 2.34. The van der Waals surface area contributed by atoms with Crippen molar-refractivity contribution in [3.05, 3.63) is 127 Å². The summed E-state index contributed by atoms with van der Waals surface area (Å²) < 4.78 is 15.3. The van der Waals surface area contributed by atoms with Crippen LogP contribution in [-0.2, 0) is 41.3 Å². The molecule has 0 unspecified atom stereocenters. The van der Waals surface area contributed by atoms with Crippen molar-refractivity contribution < 1.29 is 19.1 Å². The van der Waals surface area contributed by atoms with Gasteiger partial charge in [0, 0.05) is 31.7 Å². The van der Waals surface area contributed by atoms with Gasteiger partial charge in [0.2, 0.25) is 11.7 Å². The molecule has 2 aliphatic rings. The molecule has 8 rings (SSSR count). The van der Waals surface area contributed by atoms with Gasteiger partial charge in [-0.25, -0.2) is 9.97 Å². The monoisotopic (exact) mass is 815 g/mol. The van der Waals surface area contributed by atoms with Gasteiger partial charge in [0.05, 0.1) is 34.3 Å². The molecule has 0 atom stereocenters. The van der Waals surface area contributed by atoms with Gasteiger partial charge in [0.1, 0.15) is 25.2 Å². The van der Waals surface area contributed by atoms with E-state index in [4.69, 9.17) is 31.2 Å². The predicted molar refractivity (Wildman–Crippen MR) is 225 cm³/mol. The summed E-state index contributed by atoms with van der Waals surface area (Å²) in [4.78, 5) is 59.8. The van der Waals surface area contributed by atoms with Gasteiger partial charge >= 0.3 is 0 Å². The van der Waals surface area contributed by atoms with Gasteiger partial charge in [0.25, 0.3) is 11.5 Å². The van der Waals surface area contributed by atoms with Gasteiger partial charge in [-0.15, -0.1) is 5.10 Å². The summed E-state index contributed by atoms with van der Waals surface area (Å²) >= 11 is 6.51. The third kappa shape index (κ3) is 7.54. The maximum atomic E-state index is 14.7. The molecule has 15 heteroatoms. The molecule has 1 N–H and O–H groups in total. The number of carbonyl (C=O) groups excluding carboxylic acids is 2. The number of piperazine rings is 1. The second-order valence-electron chi connectivity index (χ2n) is 15.5. The van der Waals surface area contributed by atoms with Crippen molar-refractivity contribution in [3.8, 4) is 17.1 Å². The van der Waals surface area contributed by atoms with Crippen molar-refractivity contribution >= 4 is 40.6 Å². The zero-order valence-electron chi connectivity index (χ0n) is 34.0. The maximum absolute atomic E-state index is 14.7. The van der Waals surface area contributed by atoms with Crippen LogP contribution in [0.1, 0.15) is 70.5 Å². The smallest absolute Gasteiger partial charge is 0.299 e. The molecule has 2 aliphatic heterocycles. The molecule has 1 saturated heterocycles. The topological polar surface area (TPSA) is 149 Å². The van der Waals surface area contributed by atoms with E-state index in [0.29, 0.717) is 78.6 Å². The Morgan fingerprint density at radius 2 is 1.75 bits per heavy atom. The number of nitrogens with zero attached hydrogens (tertiary/aromatic N) is 8. The number of amides is 2. The van der Waals surface area contributed by atoms with Gasteiger partial charge in [-0.05, 0) is 81.0 Å². The van der Waals surface area contributed by atoms with Gasteiger partial charge in [-0.2, -0.15) is 9.50 Å². The summed E-state index contributed by atoms with van der Waals surface area (Å²) in [5.41, 5.74) is 7.30. The minimum atomic E-state index is -0.421. The number of ether oxygens (including phenoxy) is 2. The minimum absolute atomic E-state index is 0.162. The molecule has 2 amide bonds. The summed E-state index contributed by atoms with van der Waals surface area (Å²) in [5, 5.41) is 8.17. The van der Waals surface area contributed by atoms with Crippen LogP contribution in [0.15, 0.2) is 71.8 Å². The summed E-state index contributed by atoms with van der Waals surface area (Å²) in [6, 6.07) is 19.1. The first-order chi connectivity index (χ1) is 28.3. The Morgan fingerprint density at radius 3 is 2.47 bits per heavy atom. The van der Waals surface area contributed by atoms with Crippen molar-refractivity contribution in [2.75, 3.05) is 36.4 Å². The van der Waals surface area contributed by atoms with Crippen LogP contribution < -0.4 is 20.5 Å². The van der Waals surface area contributed by atoms with E-state index in [9.17, 15) is 14.4 Å². The summed E-state index contributed by atoms with van der Waals surface area (Å²) in [5.74, 6) is 0.312. The number of benzene rings is 3. The predicted octanol–water partition coefficient (Wildman–Crippen LogP) is 6.43. The molecular weight excluding hydrogens is 770 g/mol. The Hall–Kier alpha value is -6.12. The zero-order chi connectivity index (χ0) is 41.6. The Labute approximate surface area is 346 Å². The van der Waals surface area contributed by atoms with Crippen LogP contribution in [0.3, 0.4) is 0 Å². The molecule has 3 aromatic carbocycles. The Bertz CT molecular complexity index is 2670. The highest BCUT2D eigenvalue weighted by Crippen LogP contribution is 2.40. The van der Waals surface area contributed by atoms with Crippen LogP contribution in [0.2, 0.25) is 5.02 Å². The average molecular weight is 816 g/mol. The lowest BCUT2D eigenvalue weighted by molar-refractivity contribution is -0.116. The van der Waals surface area contributed by atoms with Crippen LogP contribution in [0.4, 0.5) is 11.4 Å². The van der Waals surface area contributed by atoms with E-state index in [0.717, 1.165) is 33.4 Å². The number of aromatic nitrogens is 6.